The fraction of sp³-hybridized carbons (Fsp3) is 0.364. The average Bonchev–Trinajstić information content (AvgIpc) is 2.34. The average molecular weight is 175 g/mol. The summed E-state index contributed by atoms with van der Waals surface area (Å²) in [5.74, 6) is 0.954. The van der Waals surface area contributed by atoms with Gasteiger partial charge in [0.2, 0.25) is 0 Å². The highest BCUT2D eigenvalue weighted by atomic mass is 16.5. The third kappa shape index (κ3) is 1.22. The lowest BCUT2D eigenvalue weighted by atomic mass is 9.88. The number of hydrogen-bond donors (Lipinski definition) is 0. The Balaban J connectivity index is 2.65. The van der Waals surface area contributed by atoms with E-state index in [9.17, 15) is 0 Å². The maximum absolute atomic E-state index is 5.33. The Morgan fingerprint density at radius 3 is 2.85 bits per heavy atom. The number of fused-ring (bicyclic) bond motifs is 1. The van der Waals surface area contributed by atoms with Gasteiger partial charge in [-0.2, -0.15) is 0 Å². The highest BCUT2D eigenvalue weighted by molar-refractivity contribution is 5.59. The van der Waals surface area contributed by atoms with Crippen LogP contribution in [0, 0.1) is 6.92 Å². The van der Waals surface area contributed by atoms with Gasteiger partial charge in [0, 0.05) is 11.0 Å². The Kier molecular flexibility index (Phi) is 1.65. The lowest BCUT2D eigenvalue weighted by molar-refractivity contribution is 0.342. The maximum Gasteiger partial charge on any atom is 0.153 e. The summed E-state index contributed by atoms with van der Waals surface area (Å²) in [5.41, 5.74) is 2.03. The van der Waals surface area contributed by atoms with Gasteiger partial charge in [-0.3, -0.25) is 0 Å². The molecule has 1 aromatic heterocycles. The van der Waals surface area contributed by atoms with Crippen LogP contribution in [-0.2, 0) is 5.41 Å². The Labute approximate surface area is 77.9 Å². The van der Waals surface area contributed by atoms with Crippen LogP contribution in [0.1, 0.15) is 30.9 Å². The molecule has 0 radical (unpaired) electrons. The van der Waals surface area contributed by atoms with Gasteiger partial charge >= 0.3 is 0 Å². The smallest absolute Gasteiger partial charge is 0.153 e. The predicted octanol–water partition coefficient (Wildman–Crippen LogP) is 2.84. The van der Waals surface area contributed by atoms with Crippen LogP contribution in [0.2, 0.25) is 0 Å². The standard InChI is InChI=1S/C11H13NO/c1-8-9-6-4-5-7-11(2,3)10(9)13-12-8/h4-7H,1-3H3. The monoisotopic (exact) mass is 175 g/mol. The molecular formula is C11H13NO. The Hall–Kier alpha value is -1.31. The van der Waals surface area contributed by atoms with Crippen LogP contribution in [0.5, 0.6) is 0 Å². The summed E-state index contributed by atoms with van der Waals surface area (Å²) >= 11 is 0. The molecule has 1 aliphatic carbocycles. The van der Waals surface area contributed by atoms with E-state index in [1.807, 2.05) is 19.1 Å². The summed E-state index contributed by atoms with van der Waals surface area (Å²) in [5, 5.41) is 3.98. The van der Waals surface area contributed by atoms with Gasteiger partial charge in [0.25, 0.3) is 0 Å². The molecular weight excluding hydrogens is 162 g/mol. The third-order valence-corrected chi connectivity index (χ3v) is 2.38. The highest BCUT2D eigenvalue weighted by Crippen LogP contribution is 2.32. The first-order valence-corrected chi connectivity index (χ1v) is 4.44. The zero-order chi connectivity index (χ0) is 9.47. The van der Waals surface area contributed by atoms with Gasteiger partial charge in [-0.15, -0.1) is 0 Å². The molecule has 0 saturated heterocycles. The second kappa shape index (κ2) is 2.59. The molecule has 2 heteroatoms. The van der Waals surface area contributed by atoms with Crippen molar-refractivity contribution in [2.45, 2.75) is 26.2 Å². The molecule has 0 aliphatic heterocycles. The molecule has 1 aromatic rings. The first kappa shape index (κ1) is 8.30. The van der Waals surface area contributed by atoms with Gasteiger partial charge in [0.05, 0.1) is 5.69 Å². The summed E-state index contributed by atoms with van der Waals surface area (Å²) in [7, 11) is 0. The van der Waals surface area contributed by atoms with E-state index in [1.54, 1.807) is 0 Å². The minimum atomic E-state index is -0.0555. The number of nitrogens with zero attached hydrogens (tertiary/aromatic N) is 1. The Morgan fingerprint density at radius 2 is 2.08 bits per heavy atom. The van der Waals surface area contributed by atoms with Crippen LogP contribution in [0.3, 0.4) is 0 Å². The molecule has 2 nitrogen and oxygen atoms in total. The first-order valence-electron chi connectivity index (χ1n) is 4.44. The SMILES string of the molecule is Cc1noc2c1C=CC=CC2(C)C. The summed E-state index contributed by atoms with van der Waals surface area (Å²) < 4.78 is 5.33. The van der Waals surface area contributed by atoms with Gasteiger partial charge < -0.3 is 4.52 Å². The molecule has 0 aromatic carbocycles. The number of aromatic nitrogens is 1. The molecule has 13 heavy (non-hydrogen) atoms. The van der Waals surface area contributed by atoms with Crippen molar-refractivity contribution in [3.63, 3.8) is 0 Å². The summed E-state index contributed by atoms with van der Waals surface area (Å²) in [6, 6.07) is 0. The zero-order valence-electron chi connectivity index (χ0n) is 8.16. The van der Waals surface area contributed by atoms with Gasteiger partial charge in [-0.1, -0.05) is 23.4 Å². The molecule has 0 spiro atoms. The normalized spacial score (nSPS) is 18.4. The Bertz CT molecular complexity index is 383. The van der Waals surface area contributed by atoms with Crippen LogP contribution < -0.4 is 0 Å². The number of hydrogen-bond acceptors (Lipinski definition) is 2. The number of allylic oxidation sites excluding steroid dienone is 3. The van der Waals surface area contributed by atoms with Crippen molar-refractivity contribution in [1.82, 2.24) is 5.16 Å². The van der Waals surface area contributed by atoms with E-state index >= 15 is 0 Å². The topological polar surface area (TPSA) is 26.0 Å². The second-order valence-electron chi connectivity index (χ2n) is 3.95. The highest BCUT2D eigenvalue weighted by Gasteiger charge is 2.27. The fourth-order valence-corrected chi connectivity index (χ4v) is 1.56. The molecule has 68 valence electrons. The van der Waals surface area contributed by atoms with E-state index in [0.29, 0.717) is 0 Å². The fourth-order valence-electron chi connectivity index (χ4n) is 1.56. The van der Waals surface area contributed by atoms with E-state index in [0.717, 1.165) is 17.0 Å². The van der Waals surface area contributed by atoms with Crippen LogP contribution in [-0.4, -0.2) is 5.16 Å². The van der Waals surface area contributed by atoms with Crippen LogP contribution in [0.4, 0.5) is 0 Å². The van der Waals surface area contributed by atoms with Crippen molar-refractivity contribution in [3.8, 4) is 0 Å². The van der Waals surface area contributed by atoms with Crippen LogP contribution in [0.25, 0.3) is 6.08 Å². The van der Waals surface area contributed by atoms with Crippen molar-refractivity contribution in [3.05, 3.63) is 35.2 Å². The van der Waals surface area contributed by atoms with E-state index in [2.05, 4.69) is 31.2 Å². The van der Waals surface area contributed by atoms with Crippen molar-refractivity contribution in [1.29, 1.82) is 0 Å². The molecule has 1 heterocycles. The summed E-state index contributed by atoms with van der Waals surface area (Å²) in [6.07, 6.45) is 8.25. The van der Waals surface area contributed by atoms with Crippen molar-refractivity contribution < 1.29 is 4.52 Å². The van der Waals surface area contributed by atoms with E-state index < -0.39 is 0 Å². The van der Waals surface area contributed by atoms with E-state index in [1.165, 1.54) is 0 Å². The molecule has 0 amide bonds. The minimum absolute atomic E-state index is 0.0555. The van der Waals surface area contributed by atoms with Crippen molar-refractivity contribution >= 4 is 6.08 Å². The number of rotatable bonds is 0. The van der Waals surface area contributed by atoms with Gasteiger partial charge in [-0.25, -0.2) is 0 Å². The summed E-state index contributed by atoms with van der Waals surface area (Å²) in [4.78, 5) is 0. The van der Waals surface area contributed by atoms with Gasteiger partial charge in [0.15, 0.2) is 5.76 Å². The van der Waals surface area contributed by atoms with Crippen molar-refractivity contribution in [2.75, 3.05) is 0 Å². The third-order valence-electron chi connectivity index (χ3n) is 2.38. The first-order chi connectivity index (χ1) is 6.11. The largest absolute Gasteiger partial charge is 0.360 e. The molecule has 2 rings (SSSR count). The lowest BCUT2D eigenvalue weighted by Crippen LogP contribution is -2.12. The quantitative estimate of drug-likeness (QED) is 0.606. The van der Waals surface area contributed by atoms with E-state index in [4.69, 9.17) is 4.52 Å². The van der Waals surface area contributed by atoms with Crippen LogP contribution in [0.15, 0.2) is 22.8 Å². The molecule has 0 bridgehead atoms. The summed E-state index contributed by atoms with van der Waals surface area (Å²) in [6.45, 7) is 6.22. The molecule has 0 fully saturated rings. The van der Waals surface area contributed by atoms with Gasteiger partial charge in [0.1, 0.15) is 0 Å². The van der Waals surface area contributed by atoms with E-state index in [-0.39, 0.29) is 5.41 Å². The molecule has 0 saturated carbocycles. The molecule has 1 aliphatic rings. The Morgan fingerprint density at radius 1 is 1.31 bits per heavy atom. The molecule has 0 N–H and O–H groups in total. The molecule has 0 atom stereocenters. The van der Waals surface area contributed by atoms with Crippen molar-refractivity contribution in [2.24, 2.45) is 0 Å². The minimum Gasteiger partial charge on any atom is -0.360 e. The second-order valence-corrected chi connectivity index (χ2v) is 3.95. The number of aryl methyl sites for hydroxylation is 1. The van der Waals surface area contributed by atoms with Crippen LogP contribution >= 0.6 is 0 Å². The zero-order valence-corrected chi connectivity index (χ0v) is 8.16. The maximum atomic E-state index is 5.33. The van der Waals surface area contributed by atoms with Gasteiger partial charge in [-0.05, 0) is 26.8 Å². The molecule has 0 unspecified atom stereocenters. The lowest BCUT2D eigenvalue weighted by Gasteiger charge is -2.15. The predicted molar refractivity (Wildman–Crippen MR) is 52.4 cm³/mol.